The molecule has 2 nitrogen and oxygen atoms in total. The second-order valence-electron chi connectivity index (χ2n) is 3.99. The van der Waals surface area contributed by atoms with Crippen LogP contribution in [0.25, 0.3) is 0 Å². The van der Waals surface area contributed by atoms with Gasteiger partial charge in [0.1, 0.15) is 0 Å². The normalized spacial score (nSPS) is 36.0. The van der Waals surface area contributed by atoms with Crippen LogP contribution in [0.15, 0.2) is 0 Å². The van der Waals surface area contributed by atoms with Crippen LogP contribution in [0.3, 0.4) is 0 Å². The molecule has 0 amide bonds. The van der Waals surface area contributed by atoms with Crippen molar-refractivity contribution < 1.29 is 4.74 Å². The lowest BCUT2D eigenvalue weighted by atomic mass is 10.1. The first-order chi connectivity index (χ1) is 6.45. The fourth-order valence-corrected chi connectivity index (χ4v) is 3.16. The number of thioether (sulfide) groups is 1. The highest BCUT2D eigenvalue weighted by atomic mass is 32.2. The van der Waals surface area contributed by atoms with Crippen LogP contribution in [0.1, 0.15) is 25.7 Å². The Kier molecular flexibility index (Phi) is 3.94. The molecule has 0 spiro atoms. The smallest absolute Gasteiger partial charge is 0.0619 e. The van der Waals surface area contributed by atoms with Gasteiger partial charge in [0, 0.05) is 24.4 Å². The van der Waals surface area contributed by atoms with E-state index >= 15 is 0 Å². The lowest BCUT2D eigenvalue weighted by Gasteiger charge is -2.30. The fraction of sp³-hybridized carbons (Fsp3) is 1.00. The molecule has 0 aliphatic carbocycles. The Bertz CT molecular complexity index is 126. The molecular formula is C10H19NOS. The molecule has 3 heteroatoms. The summed E-state index contributed by atoms with van der Waals surface area (Å²) in [5.74, 6) is 2.66. The summed E-state index contributed by atoms with van der Waals surface area (Å²) >= 11 is 2.09. The van der Waals surface area contributed by atoms with Crippen LogP contribution in [-0.2, 0) is 4.74 Å². The van der Waals surface area contributed by atoms with Gasteiger partial charge in [0.15, 0.2) is 0 Å². The Labute approximate surface area is 84.8 Å². The van der Waals surface area contributed by atoms with Crippen LogP contribution in [0, 0.1) is 0 Å². The zero-order chi connectivity index (χ0) is 8.93. The summed E-state index contributed by atoms with van der Waals surface area (Å²) in [5.41, 5.74) is 0. The quantitative estimate of drug-likeness (QED) is 0.734. The Morgan fingerprint density at radius 1 is 1.15 bits per heavy atom. The van der Waals surface area contributed by atoms with E-state index in [9.17, 15) is 0 Å². The summed E-state index contributed by atoms with van der Waals surface area (Å²) < 4.78 is 5.45. The third-order valence-electron chi connectivity index (χ3n) is 2.79. The Hall–Kier alpha value is 0.270. The van der Waals surface area contributed by atoms with Gasteiger partial charge in [0.2, 0.25) is 0 Å². The van der Waals surface area contributed by atoms with Crippen LogP contribution in [0.2, 0.25) is 0 Å². The van der Waals surface area contributed by atoms with E-state index < -0.39 is 0 Å². The predicted octanol–water partition coefficient (Wildman–Crippen LogP) is 1.65. The fourth-order valence-electron chi connectivity index (χ4n) is 2.08. The van der Waals surface area contributed by atoms with Crippen molar-refractivity contribution >= 4 is 11.8 Å². The van der Waals surface area contributed by atoms with E-state index in [1.54, 1.807) is 0 Å². The Morgan fingerprint density at radius 2 is 2.08 bits per heavy atom. The highest BCUT2D eigenvalue weighted by molar-refractivity contribution is 7.99. The van der Waals surface area contributed by atoms with Crippen LogP contribution >= 0.6 is 11.8 Å². The highest BCUT2D eigenvalue weighted by Crippen LogP contribution is 2.18. The third kappa shape index (κ3) is 3.15. The molecule has 0 aromatic carbocycles. The molecule has 2 heterocycles. The lowest BCUT2D eigenvalue weighted by Crippen LogP contribution is -2.45. The second-order valence-corrected chi connectivity index (χ2v) is 5.14. The van der Waals surface area contributed by atoms with Crippen LogP contribution < -0.4 is 5.32 Å². The Balaban J connectivity index is 1.69. The maximum absolute atomic E-state index is 5.45. The molecule has 76 valence electrons. The molecule has 0 saturated carbocycles. The molecule has 0 bridgehead atoms. The number of nitrogens with one attached hydrogen (secondary N) is 1. The van der Waals surface area contributed by atoms with Gasteiger partial charge in [-0.15, -0.1) is 0 Å². The molecule has 2 fully saturated rings. The van der Waals surface area contributed by atoms with Gasteiger partial charge < -0.3 is 10.1 Å². The zero-order valence-corrected chi connectivity index (χ0v) is 8.94. The molecule has 0 radical (unpaired) electrons. The summed E-state index contributed by atoms with van der Waals surface area (Å²) in [4.78, 5) is 0. The van der Waals surface area contributed by atoms with Gasteiger partial charge in [-0.05, 0) is 31.4 Å². The van der Waals surface area contributed by atoms with E-state index in [0.29, 0.717) is 6.04 Å². The maximum atomic E-state index is 5.45. The van der Waals surface area contributed by atoms with Crippen molar-refractivity contribution in [2.45, 2.75) is 37.8 Å². The van der Waals surface area contributed by atoms with Gasteiger partial charge in [0.05, 0.1) is 6.61 Å². The minimum atomic E-state index is 0.637. The van der Waals surface area contributed by atoms with Crippen molar-refractivity contribution in [3.05, 3.63) is 0 Å². The molecule has 2 saturated heterocycles. The van der Waals surface area contributed by atoms with Gasteiger partial charge in [-0.3, -0.25) is 0 Å². The number of ether oxygens (including phenoxy) is 1. The molecule has 1 unspecified atom stereocenters. The minimum Gasteiger partial charge on any atom is -0.380 e. The second kappa shape index (κ2) is 5.23. The predicted molar refractivity (Wildman–Crippen MR) is 57.3 cm³/mol. The number of hydrogen-bond donors (Lipinski definition) is 1. The molecule has 0 aromatic rings. The SMILES string of the molecule is C1CSCC(N[C@H]2CCCOC2)C1. The lowest BCUT2D eigenvalue weighted by molar-refractivity contribution is 0.0668. The van der Waals surface area contributed by atoms with Crippen molar-refractivity contribution in [2.24, 2.45) is 0 Å². The van der Waals surface area contributed by atoms with Crippen molar-refractivity contribution in [3.63, 3.8) is 0 Å². The molecule has 2 rings (SSSR count). The van der Waals surface area contributed by atoms with Gasteiger partial charge in [-0.2, -0.15) is 11.8 Å². The topological polar surface area (TPSA) is 21.3 Å². The van der Waals surface area contributed by atoms with E-state index in [4.69, 9.17) is 4.74 Å². The molecule has 2 aliphatic heterocycles. The van der Waals surface area contributed by atoms with Gasteiger partial charge in [0.25, 0.3) is 0 Å². The standard InChI is InChI=1S/C10H19NOS/c1-3-9(7-12-5-1)11-10-4-2-6-13-8-10/h9-11H,1-8H2/t9-,10?/m0/s1. The van der Waals surface area contributed by atoms with E-state index in [1.807, 2.05) is 0 Å². The molecule has 1 N–H and O–H groups in total. The Morgan fingerprint density at radius 3 is 2.77 bits per heavy atom. The van der Waals surface area contributed by atoms with Crippen LogP contribution in [0.5, 0.6) is 0 Å². The first-order valence-electron chi connectivity index (χ1n) is 5.37. The number of rotatable bonds is 2. The van der Waals surface area contributed by atoms with Gasteiger partial charge >= 0.3 is 0 Å². The third-order valence-corrected chi connectivity index (χ3v) is 4.01. The summed E-state index contributed by atoms with van der Waals surface area (Å²) in [5, 5.41) is 3.71. The summed E-state index contributed by atoms with van der Waals surface area (Å²) in [6, 6.07) is 1.39. The minimum absolute atomic E-state index is 0.637. The average Bonchev–Trinajstić information content (AvgIpc) is 2.21. The summed E-state index contributed by atoms with van der Waals surface area (Å²) in [7, 11) is 0. The van der Waals surface area contributed by atoms with Crippen molar-refractivity contribution in [2.75, 3.05) is 24.7 Å². The van der Waals surface area contributed by atoms with E-state index in [1.165, 1.54) is 37.2 Å². The molecule has 2 atom stereocenters. The van der Waals surface area contributed by atoms with Crippen molar-refractivity contribution in [3.8, 4) is 0 Å². The first-order valence-corrected chi connectivity index (χ1v) is 6.52. The molecule has 13 heavy (non-hydrogen) atoms. The van der Waals surface area contributed by atoms with Gasteiger partial charge in [-0.1, -0.05) is 0 Å². The van der Waals surface area contributed by atoms with Crippen molar-refractivity contribution in [1.82, 2.24) is 5.32 Å². The summed E-state index contributed by atoms with van der Waals surface area (Å²) in [6.07, 6.45) is 5.29. The largest absolute Gasteiger partial charge is 0.380 e. The monoisotopic (exact) mass is 201 g/mol. The van der Waals surface area contributed by atoms with Crippen LogP contribution in [0.4, 0.5) is 0 Å². The van der Waals surface area contributed by atoms with Crippen LogP contribution in [-0.4, -0.2) is 36.8 Å². The zero-order valence-electron chi connectivity index (χ0n) is 8.13. The maximum Gasteiger partial charge on any atom is 0.0619 e. The molecule has 0 aromatic heterocycles. The summed E-state index contributed by atoms with van der Waals surface area (Å²) in [6.45, 7) is 1.90. The van der Waals surface area contributed by atoms with Gasteiger partial charge in [-0.25, -0.2) is 0 Å². The number of hydrogen-bond acceptors (Lipinski definition) is 3. The molecule has 2 aliphatic rings. The van der Waals surface area contributed by atoms with Crippen molar-refractivity contribution in [1.29, 1.82) is 0 Å². The highest BCUT2D eigenvalue weighted by Gasteiger charge is 2.19. The first kappa shape index (κ1) is 9.81. The van der Waals surface area contributed by atoms with E-state index in [0.717, 1.165) is 19.3 Å². The molecular weight excluding hydrogens is 182 g/mol. The van der Waals surface area contributed by atoms with E-state index in [-0.39, 0.29) is 0 Å². The average molecular weight is 201 g/mol. The van der Waals surface area contributed by atoms with E-state index in [2.05, 4.69) is 17.1 Å².